The minimum atomic E-state index is 0.0506. The molecule has 7 heteroatoms. The average molecular weight is 500 g/mol. The molecule has 0 spiro atoms. The predicted molar refractivity (Wildman–Crippen MR) is 142 cm³/mol. The predicted octanol–water partition coefficient (Wildman–Crippen LogP) is 4.80. The van der Waals surface area contributed by atoms with Gasteiger partial charge < -0.3 is 10.2 Å². The van der Waals surface area contributed by atoms with Gasteiger partial charge in [0, 0.05) is 43.7 Å². The van der Waals surface area contributed by atoms with E-state index in [0.717, 1.165) is 80.6 Å². The summed E-state index contributed by atoms with van der Waals surface area (Å²) in [5, 5.41) is 12.2. The van der Waals surface area contributed by atoms with Gasteiger partial charge in [0.2, 0.25) is 5.91 Å². The van der Waals surface area contributed by atoms with Crippen molar-refractivity contribution in [2.45, 2.75) is 70.8 Å². The first-order valence-electron chi connectivity index (χ1n) is 14.0. The van der Waals surface area contributed by atoms with Crippen molar-refractivity contribution in [2.24, 2.45) is 17.3 Å². The Morgan fingerprint density at radius 2 is 1.76 bits per heavy atom. The van der Waals surface area contributed by atoms with Gasteiger partial charge >= 0.3 is 0 Å². The molecule has 0 saturated heterocycles. The maximum Gasteiger partial charge on any atom is 0.254 e. The van der Waals surface area contributed by atoms with Gasteiger partial charge in [-0.05, 0) is 73.6 Å². The molecular weight excluding hydrogens is 462 g/mol. The van der Waals surface area contributed by atoms with Crippen LogP contribution in [-0.4, -0.2) is 44.4 Å². The van der Waals surface area contributed by atoms with Gasteiger partial charge in [0.05, 0.1) is 0 Å². The first kappa shape index (κ1) is 24.1. The fourth-order valence-corrected chi connectivity index (χ4v) is 6.86. The molecule has 0 atom stereocenters. The second-order valence-corrected chi connectivity index (χ2v) is 11.6. The van der Waals surface area contributed by atoms with Gasteiger partial charge in [-0.3, -0.25) is 14.0 Å². The second kappa shape index (κ2) is 10.3. The number of nitrogens with zero attached hydrogens (tertiary/aromatic N) is 4. The van der Waals surface area contributed by atoms with Crippen molar-refractivity contribution >= 4 is 17.5 Å². The van der Waals surface area contributed by atoms with E-state index in [1.54, 1.807) is 0 Å². The molecule has 3 aliphatic rings. The van der Waals surface area contributed by atoms with Gasteiger partial charge in [-0.15, -0.1) is 10.2 Å². The van der Waals surface area contributed by atoms with Crippen molar-refractivity contribution in [3.8, 4) is 0 Å². The van der Waals surface area contributed by atoms with Crippen LogP contribution in [-0.2, 0) is 17.8 Å². The van der Waals surface area contributed by atoms with Crippen molar-refractivity contribution in [1.82, 2.24) is 24.8 Å². The lowest BCUT2D eigenvalue weighted by Crippen LogP contribution is -2.43. The van der Waals surface area contributed by atoms with Crippen LogP contribution in [0.5, 0.6) is 0 Å². The maximum absolute atomic E-state index is 13.2. The molecule has 1 N–H and O–H groups in total. The molecule has 0 radical (unpaired) electrons. The molecule has 2 aromatic heterocycles. The fourth-order valence-electron chi connectivity index (χ4n) is 6.86. The number of rotatable bonds is 7. The average Bonchev–Trinajstić information content (AvgIpc) is 3.49. The highest BCUT2D eigenvalue weighted by atomic mass is 16.2. The summed E-state index contributed by atoms with van der Waals surface area (Å²) in [6.45, 7) is 2.24. The number of benzene rings is 1. The standard InChI is InChI=1S/C30H37N5O2/c36-28(23-13-11-22(12-14-23)19-34-20-24-8-2-3-9-25(24)29(34)37)31-21-30(15-5-1-6-16-30)18-27-33-32-26-10-4-7-17-35(26)27/h2-4,7-10,17,22-23H,1,5-6,11-16,18-21H2,(H,31,36). The first-order valence-corrected chi connectivity index (χ1v) is 14.0. The van der Waals surface area contributed by atoms with Crippen LogP contribution in [0.15, 0.2) is 48.7 Å². The van der Waals surface area contributed by atoms with E-state index in [-0.39, 0.29) is 23.1 Å². The molecule has 7 nitrogen and oxygen atoms in total. The summed E-state index contributed by atoms with van der Waals surface area (Å²) in [6.07, 6.45) is 12.6. The zero-order valence-electron chi connectivity index (χ0n) is 21.6. The van der Waals surface area contributed by atoms with Crippen LogP contribution in [0, 0.1) is 17.3 Å². The van der Waals surface area contributed by atoms with E-state index in [0.29, 0.717) is 12.5 Å². The number of nitrogens with one attached hydrogen (secondary N) is 1. The molecule has 194 valence electrons. The second-order valence-electron chi connectivity index (χ2n) is 11.6. The summed E-state index contributed by atoms with van der Waals surface area (Å²) in [6, 6.07) is 13.9. The van der Waals surface area contributed by atoms with Crippen LogP contribution >= 0.6 is 0 Å². The smallest absolute Gasteiger partial charge is 0.254 e. The van der Waals surface area contributed by atoms with Crippen LogP contribution in [0.25, 0.3) is 5.65 Å². The molecule has 1 aromatic carbocycles. The van der Waals surface area contributed by atoms with Crippen molar-refractivity contribution in [3.63, 3.8) is 0 Å². The number of fused-ring (bicyclic) bond motifs is 2. The third-order valence-corrected chi connectivity index (χ3v) is 9.06. The van der Waals surface area contributed by atoms with Gasteiger partial charge in [0.25, 0.3) is 5.91 Å². The molecule has 1 aliphatic heterocycles. The summed E-state index contributed by atoms with van der Waals surface area (Å²) in [5.41, 5.74) is 2.92. The molecule has 37 heavy (non-hydrogen) atoms. The van der Waals surface area contributed by atoms with Crippen molar-refractivity contribution in [2.75, 3.05) is 13.1 Å². The number of pyridine rings is 1. The Kier molecular flexibility index (Phi) is 6.70. The van der Waals surface area contributed by atoms with Gasteiger partial charge in [-0.2, -0.15) is 0 Å². The van der Waals surface area contributed by atoms with Crippen molar-refractivity contribution < 1.29 is 9.59 Å². The van der Waals surface area contributed by atoms with Crippen LogP contribution in [0.1, 0.15) is 79.5 Å². The molecule has 2 aliphatic carbocycles. The molecule has 3 heterocycles. The molecule has 2 fully saturated rings. The van der Waals surface area contributed by atoms with E-state index in [4.69, 9.17) is 0 Å². The Labute approximate surface area is 218 Å². The number of hydrogen-bond donors (Lipinski definition) is 1. The number of aromatic nitrogens is 3. The van der Waals surface area contributed by atoms with E-state index in [2.05, 4.69) is 26.0 Å². The normalized spacial score (nSPS) is 23.2. The molecule has 0 bridgehead atoms. The van der Waals surface area contributed by atoms with Crippen molar-refractivity contribution in [3.05, 3.63) is 65.6 Å². The summed E-state index contributed by atoms with van der Waals surface area (Å²) in [7, 11) is 0. The lowest BCUT2D eigenvalue weighted by atomic mass is 9.71. The number of carbonyl (C=O) groups is 2. The van der Waals surface area contributed by atoms with Crippen molar-refractivity contribution in [1.29, 1.82) is 0 Å². The Hall–Kier alpha value is -3.22. The van der Waals surface area contributed by atoms with Crippen LogP contribution in [0.4, 0.5) is 0 Å². The van der Waals surface area contributed by atoms with Crippen LogP contribution < -0.4 is 5.32 Å². The van der Waals surface area contributed by atoms with E-state index >= 15 is 0 Å². The quantitative estimate of drug-likeness (QED) is 0.506. The summed E-state index contributed by atoms with van der Waals surface area (Å²) in [4.78, 5) is 28.0. The molecule has 0 unspecified atom stereocenters. The molecule has 2 saturated carbocycles. The summed E-state index contributed by atoms with van der Waals surface area (Å²) in [5.74, 6) is 1.92. The van der Waals surface area contributed by atoms with Crippen LogP contribution in [0.2, 0.25) is 0 Å². The van der Waals surface area contributed by atoms with E-state index in [9.17, 15) is 9.59 Å². The molecule has 6 rings (SSSR count). The Morgan fingerprint density at radius 1 is 0.973 bits per heavy atom. The highest BCUT2D eigenvalue weighted by molar-refractivity contribution is 5.98. The third-order valence-electron chi connectivity index (χ3n) is 9.06. The van der Waals surface area contributed by atoms with E-state index in [1.165, 1.54) is 19.3 Å². The summed E-state index contributed by atoms with van der Waals surface area (Å²) >= 11 is 0. The lowest BCUT2D eigenvalue weighted by molar-refractivity contribution is -0.127. The number of amides is 2. The van der Waals surface area contributed by atoms with Gasteiger partial charge in [-0.1, -0.05) is 43.5 Å². The largest absolute Gasteiger partial charge is 0.355 e. The third kappa shape index (κ3) is 5.00. The van der Waals surface area contributed by atoms with Gasteiger partial charge in [0.1, 0.15) is 5.82 Å². The minimum Gasteiger partial charge on any atom is -0.355 e. The van der Waals surface area contributed by atoms with Crippen LogP contribution in [0.3, 0.4) is 0 Å². The van der Waals surface area contributed by atoms with E-state index < -0.39 is 0 Å². The Balaban J connectivity index is 1.02. The minimum absolute atomic E-state index is 0.0506. The van der Waals surface area contributed by atoms with E-state index in [1.807, 2.05) is 47.5 Å². The first-order chi connectivity index (χ1) is 18.1. The number of hydrogen-bond acceptors (Lipinski definition) is 4. The van der Waals surface area contributed by atoms with Gasteiger partial charge in [-0.25, -0.2) is 0 Å². The monoisotopic (exact) mass is 499 g/mol. The topological polar surface area (TPSA) is 79.6 Å². The highest BCUT2D eigenvalue weighted by Gasteiger charge is 2.36. The Morgan fingerprint density at radius 3 is 2.57 bits per heavy atom. The Bertz CT molecular complexity index is 1270. The molecular formula is C30H37N5O2. The molecule has 3 aromatic rings. The van der Waals surface area contributed by atoms with Gasteiger partial charge in [0.15, 0.2) is 5.65 Å². The zero-order chi connectivity index (χ0) is 25.2. The SMILES string of the molecule is O=C(NCC1(Cc2nnc3ccccn23)CCCCC1)C1CCC(CN2Cc3ccccc3C2=O)CC1. The lowest BCUT2D eigenvalue weighted by Gasteiger charge is -2.38. The summed E-state index contributed by atoms with van der Waals surface area (Å²) < 4.78 is 2.09. The maximum atomic E-state index is 13.2. The highest BCUT2D eigenvalue weighted by Crippen LogP contribution is 2.39. The molecule has 2 amide bonds. The zero-order valence-corrected chi connectivity index (χ0v) is 21.6. The number of carbonyl (C=O) groups excluding carboxylic acids is 2. The fraction of sp³-hybridized carbons (Fsp3) is 0.533.